The van der Waals surface area contributed by atoms with Gasteiger partial charge in [0.25, 0.3) is 0 Å². The minimum absolute atomic E-state index is 0.00919. The van der Waals surface area contributed by atoms with Crippen LogP contribution in [0.5, 0.6) is 23.0 Å². The SMILES string of the molecule is O=C(CCCS(=O)(O)=S)Nc1ccc2c(c1)C(=O)OC21c2ccc(O)cc2Oc2cc(O)ccc21. The minimum atomic E-state index is -3.33. The Hall–Kier alpha value is -3.67. The van der Waals surface area contributed by atoms with Crippen molar-refractivity contribution in [2.75, 3.05) is 11.1 Å². The number of rotatable bonds is 5. The van der Waals surface area contributed by atoms with Crippen molar-refractivity contribution in [1.82, 2.24) is 0 Å². The second-order valence-corrected chi connectivity index (χ2v) is 11.4. The molecule has 0 fully saturated rings. The quantitative estimate of drug-likeness (QED) is 0.376. The highest BCUT2D eigenvalue weighted by molar-refractivity contribution is 8.29. The molecule has 3 aromatic rings. The lowest BCUT2D eigenvalue weighted by atomic mass is 9.77. The smallest absolute Gasteiger partial charge is 0.340 e. The van der Waals surface area contributed by atoms with Crippen LogP contribution in [0.15, 0.2) is 54.6 Å². The Kier molecular flexibility index (Phi) is 5.42. The Labute approximate surface area is 204 Å². The van der Waals surface area contributed by atoms with Gasteiger partial charge in [0.2, 0.25) is 5.91 Å². The summed E-state index contributed by atoms with van der Waals surface area (Å²) in [6.07, 6.45) is 0.138. The van der Waals surface area contributed by atoms with Crippen LogP contribution in [0.3, 0.4) is 0 Å². The number of anilines is 1. The van der Waals surface area contributed by atoms with Crippen LogP contribution < -0.4 is 10.1 Å². The molecule has 180 valence electrons. The average Bonchev–Trinajstić information content (AvgIpc) is 3.05. The summed E-state index contributed by atoms with van der Waals surface area (Å²) in [6.45, 7) is 0. The van der Waals surface area contributed by atoms with Crippen LogP contribution >= 0.6 is 0 Å². The van der Waals surface area contributed by atoms with Crippen LogP contribution in [-0.2, 0) is 35.1 Å². The number of ether oxygens (including phenoxy) is 2. The number of carbonyl (C=O) groups excluding carboxylic acids is 2. The Morgan fingerprint density at radius 1 is 0.971 bits per heavy atom. The van der Waals surface area contributed by atoms with Crippen LogP contribution in [0.1, 0.15) is 39.9 Å². The van der Waals surface area contributed by atoms with Gasteiger partial charge in [-0.2, -0.15) is 0 Å². The largest absolute Gasteiger partial charge is 0.508 e. The van der Waals surface area contributed by atoms with E-state index in [2.05, 4.69) is 16.5 Å². The molecule has 4 N–H and O–H groups in total. The molecule has 1 spiro atoms. The number of aromatic hydroxyl groups is 2. The maximum atomic E-state index is 13.1. The molecule has 2 heterocycles. The number of fused-ring (bicyclic) bond motifs is 6. The molecule has 1 unspecified atom stereocenters. The van der Waals surface area contributed by atoms with E-state index in [1.807, 2.05) is 0 Å². The van der Waals surface area contributed by atoms with Crippen molar-refractivity contribution in [2.45, 2.75) is 18.4 Å². The van der Waals surface area contributed by atoms with Crippen LogP contribution in [0.2, 0.25) is 0 Å². The summed E-state index contributed by atoms with van der Waals surface area (Å²) in [4.78, 5) is 25.3. The summed E-state index contributed by atoms with van der Waals surface area (Å²) in [7, 11) is -3.33. The zero-order valence-electron chi connectivity index (χ0n) is 18.0. The first kappa shape index (κ1) is 23.1. The number of phenolic OH excluding ortho intramolecular Hbond substituents is 2. The summed E-state index contributed by atoms with van der Waals surface area (Å²) >= 11 is 4.43. The highest BCUT2D eigenvalue weighted by Gasteiger charge is 2.53. The van der Waals surface area contributed by atoms with Gasteiger partial charge >= 0.3 is 5.97 Å². The third-order valence-electron chi connectivity index (χ3n) is 5.86. The molecule has 0 saturated heterocycles. The second-order valence-electron chi connectivity index (χ2n) is 8.23. The number of benzene rings is 3. The molecule has 9 nitrogen and oxygen atoms in total. The molecule has 1 amide bonds. The van der Waals surface area contributed by atoms with Crippen molar-refractivity contribution in [2.24, 2.45) is 0 Å². The van der Waals surface area contributed by atoms with Crippen LogP contribution in [-0.4, -0.2) is 36.6 Å². The van der Waals surface area contributed by atoms with E-state index in [0.717, 1.165) is 0 Å². The normalized spacial score (nSPS) is 16.3. The molecular formula is C24H19NO8S2. The van der Waals surface area contributed by atoms with E-state index in [0.29, 0.717) is 22.4 Å². The first-order valence-corrected chi connectivity index (χ1v) is 13.2. The molecule has 0 saturated carbocycles. The van der Waals surface area contributed by atoms with Gasteiger partial charge in [-0.1, -0.05) is 6.07 Å². The molecule has 11 heteroatoms. The highest BCUT2D eigenvalue weighted by atomic mass is 32.8. The van der Waals surface area contributed by atoms with Gasteiger partial charge in [-0.25, -0.2) is 9.00 Å². The number of hydrogen-bond donors (Lipinski definition) is 4. The maximum absolute atomic E-state index is 13.1. The van der Waals surface area contributed by atoms with Gasteiger partial charge in [-0.3, -0.25) is 4.79 Å². The van der Waals surface area contributed by atoms with Gasteiger partial charge < -0.3 is 29.6 Å². The molecule has 0 aromatic heterocycles. The topological polar surface area (TPSA) is 142 Å². The second kappa shape index (κ2) is 8.22. The Morgan fingerprint density at radius 2 is 1.57 bits per heavy atom. The van der Waals surface area contributed by atoms with Crippen molar-refractivity contribution in [3.8, 4) is 23.0 Å². The molecule has 2 aliphatic rings. The zero-order chi connectivity index (χ0) is 25.0. The fourth-order valence-corrected chi connectivity index (χ4v) is 5.28. The lowest BCUT2D eigenvalue weighted by Gasteiger charge is -2.36. The van der Waals surface area contributed by atoms with Crippen LogP contribution in [0.4, 0.5) is 5.69 Å². The number of nitrogens with one attached hydrogen (secondary N) is 1. The zero-order valence-corrected chi connectivity index (χ0v) is 19.6. The van der Waals surface area contributed by atoms with Crippen molar-refractivity contribution < 1.29 is 38.0 Å². The van der Waals surface area contributed by atoms with E-state index in [-0.39, 0.29) is 47.2 Å². The predicted molar refractivity (Wildman–Crippen MR) is 129 cm³/mol. The molecule has 2 aliphatic heterocycles. The molecular weight excluding hydrogens is 494 g/mol. The standard InChI is InChI=1S/C24H19NO8S2/c26-14-4-7-18-20(11-14)32-21-12-15(27)5-8-19(21)24(18)17-6-3-13(10-16(17)23(29)33-24)25-22(28)2-1-9-35(30,31)34/h3-8,10-12,26-27H,1-2,9H2,(H,25,28)(H,30,31,34). The number of amides is 1. The Bertz CT molecular complexity index is 1450. The fraction of sp³-hybridized carbons (Fsp3) is 0.167. The molecule has 5 rings (SSSR count). The van der Waals surface area contributed by atoms with Gasteiger partial charge in [-0.05, 0) is 42.8 Å². The average molecular weight is 514 g/mol. The van der Waals surface area contributed by atoms with Gasteiger partial charge in [0.15, 0.2) is 5.60 Å². The summed E-state index contributed by atoms with van der Waals surface area (Å²) in [6, 6.07) is 13.7. The maximum Gasteiger partial charge on any atom is 0.340 e. The van der Waals surface area contributed by atoms with Crippen molar-refractivity contribution in [1.29, 1.82) is 0 Å². The van der Waals surface area contributed by atoms with E-state index < -0.39 is 26.3 Å². The molecule has 1 atom stereocenters. The highest BCUT2D eigenvalue weighted by Crippen LogP contribution is 2.57. The molecule has 0 radical (unpaired) electrons. The van der Waals surface area contributed by atoms with Crippen LogP contribution in [0.25, 0.3) is 0 Å². The fourth-order valence-electron chi connectivity index (χ4n) is 4.42. The van der Waals surface area contributed by atoms with Gasteiger partial charge in [0.05, 0.1) is 11.3 Å². The first-order chi connectivity index (χ1) is 16.6. The lowest BCUT2D eigenvalue weighted by molar-refractivity contribution is -0.116. The molecule has 35 heavy (non-hydrogen) atoms. The molecule has 0 aliphatic carbocycles. The van der Waals surface area contributed by atoms with Gasteiger partial charge in [-0.15, -0.1) is 0 Å². The third-order valence-corrected chi connectivity index (χ3v) is 7.17. The molecule has 0 bridgehead atoms. The number of carbonyl (C=O) groups is 2. The monoisotopic (exact) mass is 513 g/mol. The van der Waals surface area contributed by atoms with Gasteiger partial charge in [0.1, 0.15) is 31.8 Å². The summed E-state index contributed by atoms with van der Waals surface area (Å²) in [5.74, 6) is -0.733. The van der Waals surface area contributed by atoms with Crippen molar-refractivity contribution in [3.63, 3.8) is 0 Å². The van der Waals surface area contributed by atoms with E-state index >= 15 is 0 Å². The Balaban J connectivity index is 1.54. The first-order valence-electron chi connectivity index (χ1n) is 10.5. The van der Waals surface area contributed by atoms with Crippen molar-refractivity contribution >= 4 is 37.5 Å². The summed E-state index contributed by atoms with van der Waals surface area (Å²) in [5, 5.41) is 22.6. The molecule has 3 aromatic carbocycles. The van der Waals surface area contributed by atoms with Crippen LogP contribution in [0, 0.1) is 0 Å². The minimum Gasteiger partial charge on any atom is -0.508 e. The van der Waals surface area contributed by atoms with E-state index in [9.17, 15) is 24.0 Å². The number of hydrogen-bond acceptors (Lipinski definition) is 8. The Morgan fingerprint density at radius 3 is 2.17 bits per heavy atom. The summed E-state index contributed by atoms with van der Waals surface area (Å²) in [5.41, 5.74) is 0.697. The van der Waals surface area contributed by atoms with E-state index in [1.54, 1.807) is 24.3 Å². The number of esters is 1. The lowest BCUT2D eigenvalue weighted by Crippen LogP contribution is -2.32. The van der Waals surface area contributed by atoms with E-state index in [4.69, 9.17) is 14.0 Å². The third kappa shape index (κ3) is 4.07. The predicted octanol–water partition coefficient (Wildman–Crippen LogP) is 3.60. The van der Waals surface area contributed by atoms with Gasteiger partial charge in [0, 0.05) is 52.1 Å². The van der Waals surface area contributed by atoms with Crippen molar-refractivity contribution in [3.05, 3.63) is 76.9 Å². The number of phenols is 2. The van der Waals surface area contributed by atoms with E-state index in [1.165, 1.54) is 30.3 Å². The summed E-state index contributed by atoms with van der Waals surface area (Å²) < 4.78 is 32.3.